The van der Waals surface area contributed by atoms with E-state index in [1.54, 1.807) is 0 Å². The molecule has 0 aliphatic carbocycles. The minimum absolute atomic E-state index is 0.00806. The van der Waals surface area contributed by atoms with Crippen LogP contribution in [-0.4, -0.2) is 45.4 Å². The normalized spacial score (nSPS) is 18.1. The highest BCUT2D eigenvalue weighted by molar-refractivity contribution is 5.75. The van der Waals surface area contributed by atoms with Crippen molar-refractivity contribution in [1.29, 1.82) is 5.41 Å². The standard InChI is InChI=1S/C24H23F6N5O3/c25-23(26,27)15-6-3-13(4-7-15)2-1-11-37-18-8-5-14(12-16(18)24(28,29)30)20-33-21(38-34-20)19-17(36)9-10-35(19)22(31)32/h3-8,12,17,19,36H,1-2,9-11H2,(H3,31,32)/t17-,19-/m0/s1. The Morgan fingerprint density at radius 3 is 2.45 bits per heavy atom. The van der Waals surface area contributed by atoms with Crippen LogP contribution in [0.5, 0.6) is 5.75 Å². The van der Waals surface area contributed by atoms with Crippen molar-refractivity contribution < 1.29 is 40.7 Å². The van der Waals surface area contributed by atoms with Crippen molar-refractivity contribution in [3.63, 3.8) is 0 Å². The molecule has 4 N–H and O–H groups in total. The van der Waals surface area contributed by atoms with Gasteiger partial charge in [-0.2, -0.15) is 31.3 Å². The molecule has 2 heterocycles. The number of nitrogens with one attached hydrogen (secondary N) is 1. The van der Waals surface area contributed by atoms with Crippen LogP contribution in [0.25, 0.3) is 11.4 Å². The minimum Gasteiger partial charge on any atom is -0.493 e. The maximum absolute atomic E-state index is 13.8. The largest absolute Gasteiger partial charge is 0.493 e. The lowest BCUT2D eigenvalue weighted by molar-refractivity contribution is -0.139. The number of likely N-dealkylation sites (tertiary alicyclic amines) is 1. The van der Waals surface area contributed by atoms with Crippen molar-refractivity contribution in [2.45, 2.75) is 43.8 Å². The molecule has 0 amide bonds. The Morgan fingerprint density at radius 1 is 1.11 bits per heavy atom. The SMILES string of the molecule is N=C(N)N1CC[C@H](O)[C@H]1c1nc(-c2ccc(OCCCc3ccc(C(F)(F)F)cc3)c(C(F)(F)F)c2)no1. The molecule has 1 fully saturated rings. The number of aryl methyl sites for hydroxylation is 1. The van der Waals surface area contributed by atoms with E-state index in [4.69, 9.17) is 20.4 Å². The molecule has 1 aliphatic rings. The first-order valence-corrected chi connectivity index (χ1v) is 11.5. The second-order valence-corrected chi connectivity index (χ2v) is 8.69. The van der Waals surface area contributed by atoms with E-state index < -0.39 is 41.4 Å². The zero-order valence-electron chi connectivity index (χ0n) is 19.7. The molecule has 3 aromatic rings. The summed E-state index contributed by atoms with van der Waals surface area (Å²) in [7, 11) is 0. The number of guanidine groups is 1. The summed E-state index contributed by atoms with van der Waals surface area (Å²) in [6.45, 7) is 0.179. The molecule has 4 rings (SSSR count). The third kappa shape index (κ3) is 6.01. The Labute approximate surface area is 212 Å². The lowest BCUT2D eigenvalue weighted by Crippen LogP contribution is -2.37. The van der Waals surface area contributed by atoms with Gasteiger partial charge in [-0.05, 0) is 55.2 Å². The summed E-state index contributed by atoms with van der Waals surface area (Å²) in [4.78, 5) is 5.47. The number of nitrogens with zero attached hydrogens (tertiary/aromatic N) is 3. The molecule has 0 saturated carbocycles. The number of alkyl halides is 6. The van der Waals surface area contributed by atoms with Crippen molar-refractivity contribution in [3.8, 4) is 17.1 Å². The highest BCUT2D eigenvalue weighted by Gasteiger charge is 2.40. The van der Waals surface area contributed by atoms with Gasteiger partial charge in [-0.1, -0.05) is 17.3 Å². The van der Waals surface area contributed by atoms with Crippen LogP contribution in [0.4, 0.5) is 26.3 Å². The molecular formula is C24H23F6N5O3. The summed E-state index contributed by atoms with van der Waals surface area (Å²) >= 11 is 0. The summed E-state index contributed by atoms with van der Waals surface area (Å²) in [5, 5.41) is 21.6. The Balaban J connectivity index is 1.45. The Bertz CT molecular complexity index is 1280. The van der Waals surface area contributed by atoms with Crippen molar-refractivity contribution >= 4 is 5.96 Å². The highest BCUT2D eigenvalue weighted by atomic mass is 19.4. The van der Waals surface area contributed by atoms with E-state index in [0.29, 0.717) is 18.4 Å². The monoisotopic (exact) mass is 543 g/mol. The topological polar surface area (TPSA) is 121 Å². The number of aliphatic hydroxyl groups excluding tert-OH is 1. The predicted octanol–water partition coefficient (Wildman–Crippen LogP) is 4.79. The van der Waals surface area contributed by atoms with Gasteiger partial charge in [0, 0.05) is 12.1 Å². The molecule has 0 bridgehead atoms. The second-order valence-electron chi connectivity index (χ2n) is 8.69. The lowest BCUT2D eigenvalue weighted by Gasteiger charge is -2.22. The fraction of sp³-hybridized carbons (Fsp3) is 0.375. The van der Waals surface area contributed by atoms with Gasteiger partial charge in [0.15, 0.2) is 5.96 Å². The van der Waals surface area contributed by atoms with Crippen LogP contribution in [0.2, 0.25) is 0 Å². The smallest absolute Gasteiger partial charge is 0.419 e. The molecule has 0 spiro atoms. The van der Waals surface area contributed by atoms with Gasteiger partial charge in [0.1, 0.15) is 11.8 Å². The van der Waals surface area contributed by atoms with E-state index in [1.807, 2.05) is 0 Å². The van der Waals surface area contributed by atoms with E-state index in [9.17, 15) is 31.4 Å². The zero-order valence-corrected chi connectivity index (χ0v) is 19.7. The van der Waals surface area contributed by atoms with Crippen LogP contribution in [0.3, 0.4) is 0 Å². The summed E-state index contributed by atoms with van der Waals surface area (Å²) in [5.41, 5.74) is 4.26. The highest BCUT2D eigenvalue weighted by Crippen LogP contribution is 2.39. The van der Waals surface area contributed by atoms with Gasteiger partial charge >= 0.3 is 12.4 Å². The van der Waals surface area contributed by atoms with Crippen LogP contribution in [0.15, 0.2) is 47.0 Å². The maximum Gasteiger partial charge on any atom is 0.419 e. The van der Waals surface area contributed by atoms with Gasteiger partial charge in [0.2, 0.25) is 5.82 Å². The molecular weight excluding hydrogens is 520 g/mol. The van der Waals surface area contributed by atoms with E-state index in [1.165, 1.54) is 23.1 Å². The van der Waals surface area contributed by atoms with Crippen LogP contribution in [0.1, 0.15) is 41.5 Å². The first-order valence-electron chi connectivity index (χ1n) is 11.5. The molecule has 38 heavy (non-hydrogen) atoms. The van der Waals surface area contributed by atoms with Gasteiger partial charge in [-0.25, -0.2) is 0 Å². The summed E-state index contributed by atoms with van der Waals surface area (Å²) in [6.07, 6.45) is -9.28. The number of aromatic nitrogens is 2. The summed E-state index contributed by atoms with van der Waals surface area (Å²) in [6, 6.07) is 6.91. The first kappa shape index (κ1) is 27.2. The number of hydrogen-bond acceptors (Lipinski definition) is 6. The molecule has 2 aromatic carbocycles. The Kier molecular flexibility index (Phi) is 7.54. The van der Waals surface area contributed by atoms with Gasteiger partial charge in [0.05, 0.1) is 23.8 Å². The van der Waals surface area contributed by atoms with E-state index in [2.05, 4.69) is 10.1 Å². The molecule has 0 unspecified atom stereocenters. The molecule has 0 radical (unpaired) electrons. The van der Waals surface area contributed by atoms with Crippen molar-refractivity contribution in [1.82, 2.24) is 15.0 Å². The molecule has 204 valence electrons. The van der Waals surface area contributed by atoms with Crippen LogP contribution < -0.4 is 10.5 Å². The van der Waals surface area contributed by atoms with E-state index >= 15 is 0 Å². The lowest BCUT2D eigenvalue weighted by atomic mass is 10.1. The quantitative estimate of drug-likeness (QED) is 0.170. The maximum atomic E-state index is 13.8. The van der Waals surface area contributed by atoms with Gasteiger partial charge in [-0.3, -0.25) is 5.41 Å². The fourth-order valence-corrected chi connectivity index (χ4v) is 4.15. The number of aliphatic hydroxyl groups is 1. The van der Waals surface area contributed by atoms with Crippen molar-refractivity contribution in [2.75, 3.05) is 13.2 Å². The summed E-state index contributed by atoms with van der Waals surface area (Å²) in [5.74, 6) is -0.976. The number of hydrogen-bond donors (Lipinski definition) is 3. The van der Waals surface area contributed by atoms with Crippen LogP contribution in [0, 0.1) is 5.41 Å². The van der Waals surface area contributed by atoms with Crippen LogP contribution >= 0.6 is 0 Å². The number of ether oxygens (including phenoxy) is 1. The Hall–Kier alpha value is -3.81. The number of halogens is 6. The van der Waals surface area contributed by atoms with Gasteiger partial charge in [0.25, 0.3) is 5.89 Å². The fourth-order valence-electron chi connectivity index (χ4n) is 4.15. The van der Waals surface area contributed by atoms with E-state index in [0.717, 1.165) is 24.3 Å². The molecule has 8 nitrogen and oxygen atoms in total. The molecule has 14 heteroatoms. The second kappa shape index (κ2) is 10.5. The number of benzene rings is 2. The third-order valence-corrected chi connectivity index (χ3v) is 6.06. The number of rotatable bonds is 7. The van der Waals surface area contributed by atoms with Gasteiger partial charge in [-0.15, -0.1) is 0 Å². The average molecular weight is 543 g/mol. The average Bonchev–Trinajstić information content (AvgIpc) is 3.47. The molecule has 2 atom stereocenters. The third-order valence-electron chi connectivity index (χ3n) is 6.06. The molecule has 1 aromatic heterocycles. The van der Waals surface area contributed by atoms with Crippen molar-refractivity contribution in [2.24, 2.45) is 5.73 Å². The number of nitrogens with two attached hydrogens (primary N) is 1. The van der Waals surface area contributed by atoms with E-state index in [-0.39, 0.29) is 42.8 Å². The van der Waals surface area contributed by atoms with Gasteiger partial charge < -0.3 is 25.0 Å². The first-order chi connectivity index (χ1) is 17.8. The van der Waals surface area contributed by atoms with Crippen LogP contribution in [-0.2, 0) is 18.8 Å². The van der Waals surface area contributed by atoms with Crippen molar-refractivity contribution in [3.05, 3.63) is 65.0 Å². The molecule has 1 aliphatic heterocycles. The zero-order chi connectivity index (χ0) is 27.7. The predicted molar refractivity (Wildman–Crippen MR) is 122 cm³/mol. The summed E-state index contributed by atoms with van der Waals surface area (Å²) < 4.78 is 89.9. The Morgan fingerprint density at radius 2 is 1.82 bits per heavy atom. The minimum atomic E-state index is -4.77. The molecule has 1 saturated heterocycles.